The number of H-pyrrole nitrogens is 1. The Balaban J connectivity index is 3.20. The summed E-state index contributed by atoms with van der Waals surface area (Å²) in [5.74, 6) is 0.795. The number of aromatic nitrogens is 2. The number of nitrogens with zero attached hydrogens (tertiary/aromatic N) is 2. The first-order chi connectivity index (χ1) is 4.24. The maximum Gasteiger partial charge on any atom is 0.161 e. The number of aryl methyl sites for hydroxylation is 2. The van der Waals surface area contributed by atoms with Gasteiger partial charge in [0, 0.05) is 5.69 Å². The molecule has 0 saturated heterocycles. The summed E-state index contributed by atoms with van der Waals surface area (Å²) in [6, 6.07) is 1.97. The van der Waals surface area contributed by atoms with Gasteiger partial charge in [-0.25, -0.2) is 4.98 Å². The van der Waals surface area contributed by atoms with Gasteiger partial charge < -0.3 is 4.98 Å². The highest BCUT2D eigenvalue weighted by Crippen LogP contribution is 2.00. The van der Waals surface area contributed by atoms with Gasteiger partial charge in [-0.05, 0) is 13.8 Å². The number of nitriles is 1. The van der Waals surface area contributed by atoms with Crippen molar-refractivity contribution < 1.29 is 0 Å². The Kier molecular flexibility index (Phi) is 1.23. The minimum atomic E-state index is 0.493. The molecule has 0 aromatic carbocycles. The Bertz CT molecular complexity index is 254. The van der Waals surface area contributed by atoms with E-state index in [9.17, 15) is 0 Å². The van der Waals surface area contributed by atoms with Gasteiger partial charge >= 0.3 is 0 Å². The number of nitrogens with one attached hydrogen (secondary N) is 1. The first-order valence-electron chi connectivity index (χ1n) is 2.67. The van der Waals surface area contributed by atoms with Crippen LogP contribution >= 0.6 is 0 Å². The van der Waals surface area contributed by atoms with Crippen molar-refractivity contribution in [3.63, 3.8) is 0 Å². The van der Waals surface area contributed by atoms with Crippen LogP contribution in [0, 0.1) is 25.2 Å². The lowest BCUT2D eigenvalue weighted by Gasteiger charge is -1.76. The number of hydrogen-bond acceptors (Lipinski definition) is 2. The first-order valence-corrected chi connectivity index (χ1v) is 2.67. The van der Waals surface area contributed by atoms with E-state index in [0.717, 1.165) is 11.5 Å². The minimum absolute atomic E-state index is 0.493. The SMILES string of the molecule is Cc1nc(C#N)c(C)[nH]1. The summed E-state index contributed by atoms with van der Waals surface area (Å²) in [5.41, 5.74) is 1.34. The highest BCUT2D eigenvalue weighted by atomic mass is 14.9. The number of imidazole rings is 1. The molecule has 0 aliphatic carbocycles. The van der Waals surface area contributed by atoms with E-state index in [-0.39, 0.29) is 0 Å². The van der Waals surface area contributed by atoms with Gasteiger partial charge in [0.2, 0.25) is 0 Å². The molecule has 1 heterocycles. The van der Waals surface area contributed by atoms with E-state index in [0.29, 0.717) is 5.69 Å². The van der Waals surface area contributed by atoms with Crippen molar-refractivity contribution in [3.05, 3.63) is 17.2 Å². The van der Waals surface area contributed by atoms with Gasteiger partial charge in [0.1, 0.15) is 11.9 Å². The molecular weight excluding hydrogens is 114 g/mol. The zero-order valence-electron chi connectivity index (χ0n) is 5.39. The standard InChI is InChI=1S/C6H7N3/c1-4-6(3-7)9-5(2)8-4/h1-2H3,(H,8,9). The highest BCUT2D eigenvalue weighted by Gasteiger charge is 1.99. The van der Waals surface area contributed by atoms with Crippen LogP contribution in [0.2, 0.25) is 0 Å². The quantitative estimate of drug-likeness (QED) is 0.554. The van der Waals surface area contributed by atoms with Gasteiger partial charge in [0.15, 0.2) is 5.69 Å². The summed E-state index contributed by atoms with van der Waals surface area (Å²) in [6.45, 7) is 3.66. The van der Waals surface area contributed by atoms with Crippen LogP contribution in [-0.2, 0) is 0 Å². The molecule has 0 saturated carbocycles. The van der Waals surface area contributed by atoms with E-state index in [4.69, 9.17) is 5.26 Å². The number of hydrogen-bond donors (Lipinski definition) is 1. The summed E-state index contributed by atoms with van der Waals surface area (Å²) in [5, 5.41) is 8.40. The van der Waals surface area contributed by atoms with Crippen LogP contribution in [0.25, 0.3) is 0 Å². The molecule has 0 aliphatic heterocycles. The van der Waals surface area contributed by atoms with Gasteiger partial charge in [-0.1, -0.05) is 0 Å². The summed E-state index contributed by atoms with van der Waals surface area (Å²) in [7, 11) is 0. The molecule has 0 atom stereocenters. The zero-order chi connectivity index (χ0) is 6.85. The Morgan fingerprint density at radius 2 is 2.22 bits per heavy atom. The molecule has 0 spiro atoms. The van der Waals surface area contributed by atoms with Gasteiger partial charge in [-0.15, -0.1) is 0 Å². The fourth-order valence-corrected chi connectivity index (χ4v) is 0.719. The van der Waals surface area contributed by atoms with Crippen molar-refractivity contribution in [2.45, 2.75) is 13.8 Å². The van der Waals surface area contributed by atoms with Gasteiger partial charge in [0.05, 0.1) is 0 Å². The third kappa shape index (κ3) is 0.918. The minimum Gasteiger partial charge on any atom is -0.345 e. The summed E-state index contributed by atoms with van der Waals surface area (Å²) in [6.07, 6.45) is 0. The first kappa shape index (κ1) is 5.83. The smallest absolute Gasteiger partial charge is 0.161 e. The topological polar surface area (TPSA) is 52.5 Å². The lowest BCUT2D eigenvalue weighted by atomic mass is 10.4. The molecule has 1 aromatic heterocycles. The molecule has 0 unspecified atom stereocenters. The largest absolute Gasteiger partial charge is 0.345 e. The van der Waals surface area contributed by atoms with E-state index >= 15 is 0 Å². The normalized spacial score (nSPS) is 9.00. The highest BCUT2D eigenvalue weighted by molar-refractivity contribution is 5.25. The zero-order valence-corrected chi connectivity index (χ0v) is 5.39. The Labute approximate surface area is 53.3 Å². The molecule has 1 N–H and O–H groups in total. The van der Waals surface area contributed by atoms with Crippen LogP contribution in [0.3, 0.4) is 0 Å². The van der Waals surface area contributed by atoms with E-state index < -0.39 is 0 Å². The van der Waals surface area contributed by atoms with E-state index in [1.807, 2.05) is 19.9 Å². The van der Waals surface area contributed by atoms with Crippen molar-refractivity contribution in [2.24, 2.45) is 0 Å². The van der Waals surface area contributed by atoms with Crippen LogP contribution in [0.15, 0.2) is 0 Å². The molecule has 0 fully saturated rings. The fourth-order valence-electron chi connectivity index (χ4n) is 0.719. The van der Waals surface area contributed by atoms with Gasteiger partial charge in [-0.3, -0.25) is 0 Å². The molecule has 3 heteroatoms. The second kappa shape index (κ2) is 1.90. The Morgan fingerprint density at radius 1 is 1.56 bits per heavy atom. The molecule has 0 aliphatic rings. The molecule has 1 aromatic rings. The van der Waals surface area contributed by atoms with E-state index in [2.05, 4.69) is 9.97 Å². The number of aromatic amines is 1. The molecular formula is C6H7N3. The predicted octanol–water partition coefficient (Wildman–Crippen LogP) is 0.898. The molecule has 9 heavy (non-hydrogen) atoms. The van der Waals surface area contributed by atoms with Crippen LogP contribution in [-0.4, -0.2) is 9.97 Å². The third-order valence-corrected chi connectivity index (χ3v) is 1.11. The molecule has 1 rings (SSSR count). The molecule has 3 nitrogen and oxygen atoms in total. The Morgan fingerprint density at radius 3 is 2.44 bits per heavy atom. The maximum absolute atomic E-state index is 8.40. The summed E-state index contributed by atoms with van der Waals surface area (Å²) < 4.78 is 0. The molecule has 0 bridgehead atoms. The average Bonchev–Trinajstić information content (AvgIpc) is 2.10. The average molecular weight is 121 g/mol. The van der Waals surface area contributed by atoms with Gasteiger partial charge in [0.25, 0.3) is 0 Å². The second-order valence-corrected chi connectivity index (χ2v) is 1.91. The van der Waals surface area contributed by atoms with Crippen molar-refractivity contribution in [1.29, 1.82) is 5.26 Å². The summed E-state index contributed by atoms with van der Waals surface area (Å²) >= 11 is 0. The van der Waals surface area contributed by atoms with Gasteiger partial charge in [-0.2, -0.15) is 5.26 Å². The van der Waals surface area contributed by atoms with E-state index in [1.165, 1.54) is 0 Å². The summed E-state index contributed by atoms with van der Waals surface area (Å²) in [4.78, 5) is 6.84. The predicted molar refractivity (Wildman–Crippen MR) is 32.8 cm³/mol. The van der Waals surface area contributed by atoms with Crippen molar-refractivity contribution in [2.75, 3.05) is 0 Å². The van der Waals surface area contributed by atoms with E-state index in [1.54, 1.807) is 0 Å². The van der Waals surface area contributed by atoms with Crippen LogP contribution in [0.5, 0.6) is 0 Å². The lowest BCUT2D eigenvalue weighted by Crippen LogP contribution is -1.75. The van der Waals surface area contributed by atoms with Crippen molar-refractivity contribution in [3.8, 4) is 6.07 Å². The Hall–Kier alpha value is -1.30. The lowest BCUT2D eigenvalue weighted by molar-refractivity contribution is 1.13. The second-order valence-electron chi connectivity index (χ2n) is 1.91. The van der Waals surface area contributed by atoms with Crippen molar-refractivity contribution in [1.82, 2.24) is 9.97 Å². The molecule has 0 radical (unpaired) electrons. The van der Waals surface area contributed by atoms with Crippen LogP contribution in [0.1, 0.15) is 17.2 Å². The molecule has 0 amide bonds. The molecule has 46 valence electrons. The number of rotatable bonds is 0. The van der Waals surface area contributed by atoms with Crippen molar-refractivity contribution >= 4 is 0 Å². The van der Waals surface area contributed by atoms with Crippen LogP contribution in [0.4, 0.5) is 0 Å². The van der Waals surface area contributed by atoms with Crippen LogP contribution < -0.4 is 0 Å². The fraction of sp³-hybridized carbons (Fsp3) is 0.333. The third-order valence-electron chi connectivity index (χ3n) is 1.11. The monoisotopic (exact) mass is 121 g/mol. The maximum atomic E-state index is 8.40.